The van der Waals surface area contributed by atoms with E-state index in [4.69, 9.17) is 9.47 Å². The van der Waals surface area contributed by atoms with Crippen molar-refractivity contribution in [1.29, 1.82) is 0 Å². The molecule has 0 spiro atoms. The number of hydrogen-bond acceptors (Lipinski definition) is 4. The molecule has 4 nitrogen and oxygen atoms in total. The van der Waals surface area contributed by atoms with Crippen molar-refractivity contribution in [3.05, 3.63) is 36.3 Å². The molecule has 1 unspecified atom stereocenters. The highest BCUT2D eigenvalue weighted by molar-refractivity contribution is 5.33. The summed E-state index contributed by atoms with van der Waals surface area (Å²) in [5.74, 6) is 0.870. The summed E-state index contributed by atoms with van der Waals surface area (Å²) in [6.07, 6.45) is 3.04. The van der Waals surface area contributed by atoms with Crippen LogP contribution in [0.4, 0.5) is 0 Å². The number of nitrogens with zero attached hydrogens (tertiary/aromatic N) is 1. The van der Waals surface area contributed by atoms with Crippen molar-refractivity contribution in [3.8, 4) is 0 Å². The fourth-order valence-corrected chi connectivity index (χ4v) is 3.33. The number of morpholine rings is 1. The van der Waals surface area contributed by atoms with Crippen LogP contribution in [0.25, 0.3) is 0 Å². The molecule has 1 heterocycles. The number of ether oxygens (including phenoxy) is 2. The van der Waals surface area contributed by atoms with E-state index in [1.54, 1.807) is 13.3 Å². The van der Waals surface area contributed by atoms with E-state index in [-0.39, 0.29) is 6.10 Å². The molecular weight excluding hydrogens is 288 g/mol. The Balaban J connectivity index is 3.04. The molecule has 0 bridgehead atoms. The highest BCUT2D eigenvalue weighted by Crippen LogP contribution is 2.31. The fourth-order valence-electron chi connectivity index (χ4n) is 3.33. The van der Waals surface area contributed by atoms with E-state index in [0.29, 0.717) is 11.8 Å². The van der Waals surface area contributed by atoms with Gasteiger partial charge in [0.1, 0.15) is 0 Å². The second-order valence-corrected chi connectivity index (χ2v) is 6.25. The van der Waals surface area contributed by atoms with E-state index in [0.717, 1.165) is 44.1 Å². The Labute approximate surface area is 142 Å². The maximum Gasteiger partial charge on any atom is 0.0642 e. The molecule has 0 amide bonds. The van der Waals surface area contributed by atoms with Crippen LogP contribution in [0.5, 0.6) is 0 Å². The third-order valence-electron chi connectivity index (χ3n) is 5.09. The van der Waals surface area contributed by atoms with Gasteiger partial charge in [-0.2, -0.15) is 0 Å². The molecule has 0 saturated carbocycles. The molecule has 1 saturated heterocycles. The Morgan fingerprint density at radius 1 is 1.35 bits per heavy atom. The molecule has 0 aliphatic carbocycles. The molecule has 1 aliphatic rings. The van der Waals surface area contributed by atoms with Gasteiger partial charge in [0.05, 0.1) is 30.7 Å². The van der Waals surface area contributed by atoms with Gasteiger partial charge < -0.3 is 19.7 Å². The predicted molar refractivity (Wildman–Crippen MR) is 97.0 cm³/mol. The summed E-state index contributed by atoms with van der Waals surface area (Å²) in [7, 11) is 1.79. The van der Waals surface area contributed by atoms with Crippen LogP contribution in [0, 0.1) is 11.8 Å². The Bertz CT molecular complexity index is 425. The predicted octanol–water partition coefficient (Wildman–Crippen LogP) is 3.54. The zero-order valence-corrected chi connectivity index (χ0v) is 15.5. The van der Waals surface area contributed by atoms with Crippen molar-refractivity contribution >= 4 is 0 Å². The minimum Gasteiger partial charge on any atom is -0.381 e. The average Bonchev–Trinajstić information content (AvgIpc) is 2.59. The summed E-state index contributed by atoms with van der Waals surface area (Å²) < 4.78 is 11.0. The zero-order chi connectivity index (χ0) is 17.4. The lowest BCUT2D eigenvalue weighted by Crippen LogP contribution is -2.38. The number of nitrogens with one attached hydrogen (secondary N) is 1. The van der Waals surface area contributed by atoms with E-state index >= 15 is 0 Å². The normalized spacial score (nSPS) is 20.3. The van der Waals surface area contributed by atoms with Gasteiger partial charge in [0.25, 0.3) is 0 Å². The molecular formula is C19H34N2O2. The van der Waals surface area contributed by atoms with Gasteiger partial charge in [-0.15, -0.1) is 0 Å². The molecule has 1 fully saturated rings. The SMILES string of the molecule is C=CN/C(C(=C)N1CCOCC1)=C(/C)C(C)[C@H](CC)[C@H](C)OC. The third-order valence-corrected chi connectivity index (χ3v) is 5.09. The van der Waals surface area contributed by atoms with Crippen molar-refractivity contribution in [2.24, 2.45) is 11.8 Å². The zero-order valence-electron chi connectivity index (χ0n) is 15.5. The second-order valence-electron chi connectivity index (χ2n) is 6.25. The second kappa shape index (κ2) is 9.78. The summed E-state index contributed by atoms with van der Waals surface area (Å²) in [5.41, 5.74) is 3.41. The van der Waals surface area contributed by atoms with E-state index in [1.807, 2.05) is 0 Å². The van der Waals surface area contributed by atoms with Gasteiger partial charge >= 0.3 is 0 Å². The van der Waals surface area contributed by atoms with Crippen molar-refractivity contribution in [2.75, 3.05) is 33.4 Å². The van der Waals surface area contributed by atoms with Gasteiger partial charge in [-0.3, -0.25) is 0 Å². The first-order chi connectivity index (χ1) is 11.0. The number of hydrogen-bond donors (Lipinski definition) is 1. The average molecular weight is 322 g/mol. The van der Waals surface area contributed by atoms with E-state index < -0.39 is 0 Å². The van der Waals surface area contributed by atoms with Crippen LogP contribution in [-0.2, 0) is 9.47 Å². The molecule has 3 atom stereocenters. The van der Waals surface area contributed by atoms with Gasteiger partial charge in [0.2, 0.25) is 0 Å². The van der Waals surface area contributed by atoms with Crippen LogP contribution < -0.4 is 5.32 Å². The minimum atomic E-state index is 0.228. The van der Waals surface area contributed by atoms with E-state index in [9.17, 15) is 0 Å². The summed E-state index contributed by atoms with van der Waals surface area (Å²) >= 11 is 0. The van der Waals surface area contributed by atoms with Crippen molar-refractivity contribution < 1.29 is 9.47 Å². The van der Waals surface area contributed by atoms with Crippen molar-refractivity contribution in [2.45, 2.75) is 40.2 Å². The van der Waals surface area contributed by atoms with Gasteiger partial charge in [0, 0.05) is 20.2 Å². The van der Waals surface area contributed by atoms with E-state index in [1.165, 1.54) is 5.57 Å². The van der Waals surface area contributed by atoms with Crippen LogP contribution in [0.1, 0.15) is 34.1 Å². The lowest BCUT2D eigenvalue weighted by Gasteiger charge is -2.34. The van der Waals surface area contributed by atoms with Gasteiger partial charge in [-0.05, 0) is 37.5 Å². The maximum atomic E-state index is 5.58. The van der Waals surface area contributed by atoms with Crippen LogP contribution in [0.15, 0.2) is 36.3 Å². The molecule has 1 aliphatic heterocycles. The molecule has 4 heteroatoms. The van der Waals surface area contributed by atoms with E-state index in [2.05, 4.69) is 51.1 Å². The molecule has 0 aromatic carbocycles. The molecule has 1 rings (SSSR count). The highest BCUT2D eigenvalue weighted by atomic mass is 16.5. The van der Waals surface area contributed by atoms with Crippen LogP contribution in [0.3, 0.4) is 0 Å². The lowest BCUT2D eigenvalue weighted by atomic mass is 9.81. The smallest absolute Gasteiger partial charge is 0.0642 e. The molecule has 0 aromatic heterocycles. The number of allylic oxidation sites excluding steroid dienone is 1. The molecule has 23 heavy (non-hydrogen) atoms. The largest absolute Gasteiger partial charge is 0.381 e. The topological polar surface area (TPSA) is 33.7 Å². The van der Waals surface area contributed by atoms with Crippen molar-refractivity contribution in [3.63, 3.8) is 0 Å². The number of methoxy groups -OCH3 is 1. The van der Waals surface area contributed by atoms with Crippen LogP contribution in [0.2, 0.25) is 0 Å². The minimum absolute atomic E-state index is 0.228. The Kier molecular flexibility index (Phi) is 8.42. The quantitative estimate of drug-likeness (QED) is 0.658. The highest BCUT2D eigenvalue weighted by Gasteiger charge is 2.26. The monoisotopic (exact) mass is 322 g/mol. The number of rotatable bonds is 9. The summed E-state index contributed by atoms with van der Waals surface area (Å²) in [6, 6.07) is 0. The molecule has 0 aromatic rings. The first-order valence-electron chi connectivity index (χ1n) is 8.60. The Morgan fingerprint density at radius 2 is 1.96 bits per heavy atom. The van der Waals surface area contributed by atoms with Gasteiger partial charge in [0.15, 0.2) is 0 Å². The first-order valence-corrected chi connectivity index (χ1v) is 8.60. The molecule has 0 radical (unpaired) electrons. The van der Waals surface area contributed by atoms with Gasteiger partial charge in [-0.25, -0.2) is 0 Å². The fraction of sp³-hybridized carbons (Fsp3) is 0.684. The summed E-state index contributed by atoms with van der Waals surface area (Å²) in [6.45, 7) is 20.3. The third kappa shape index (κ3) is 5.11. The summed E-state index contributed by atoms with van der Waals surface area (Å²) in [5, 5.41) is 3.32. The lowest BCUT2D eigenvalue weighted by molar-refractivity contribution is 0.0477. The Morgan fingerprint density at radius 3 is 2.43 bits per heavy atom. The van der Waals surface area contributed by atoms with Crippen LogP contribution in [-0.4, -0.2) is 44.4 Å². The summed E-state index contributed by atoms with van der Waals surface area (Å²) in [4.78, 5) is 2.28. The van der Waals surface area contributed by atoms with Crippen LogP contribution >= 0.6 is 0 Å². The molecule has 1 N–H and O–H groups in total. The van der Waals surface area contributed by atoms with Gasteiger partial charge in [-0.1, -0.05) is 33.4 Å². The molecule has 132 valence electrons. The van der Waals surface area contributed by atoms with Crippen molar-refractivity contribution in [1.82, 2.24) is 10.2 Å². The first kappa shape index (κ1) is 19.8. The Hall–Kier alpha value is -1.26. The maximum absolute atomic E-state index is 5.58. The standard InChI is InChI=1S/C19H34N2O2/c1-8-18(17(6)22-7)14(3)15(4)19(20-9-2)16(5)21-10-12-23-13-11-21/h9,14,17-18,20H,2,5,8,10-13H2,1,3-4,6-7H3/b19-15-/t14?,17-,18-/m0/s1.